The maximum absolute atomic E-state index is 3.19. The van der Waals surface area contributed by atoms with Crippen molar-refractivity contribution in [1.82, 2.24) is 9.80 Å². The van der Waals surface area contributed by atoms with Crippen LogP contribution in [0.4, 0.5) is 0 Å². The summed E-state index contributed by atoms with van der Waals surface area (Å²) in [5.41, 5.74) is 0. The van der Waals surface area contributed by atoms with Gasteiger partial charge in [-0.25, -0.2) is 0 Å². The normalized spacial score (nSPS) is 36.2. The van der Waals surface area contributed by atoms with E-state index in [1.165, 1.54) is 154 Å². The molecule has 0 N–H and O–H groups in total. The Hall–Kier alpha value is -0.0800. The summed E-state index contributed by atoms with van der Waals surface area (Å²) in [6.07, 6.45) is 42.5. The van der Waals surface area contributed by atoms with Crippen molar-refractivity contribution in [3.63, 3.8) is 0 Å². The molecule has 6 rings (SSSR count). The number of nitrogens with zero attached hydrogens (tertiary/aromatic N) is 2. The molecular weight excluding hydrogens is 460 g/mol. The first kappa shape index (κ1) is 28.1. The predicted molar refractivity (Wildman–Crippen MR) is 163 cm³/mol. The van der Waals surface area contributed by atoms with Crippen LogP contribution < -0.4 is 0 Å². The summed E-state index contributed by atoms with van der Waals surface area (Å²) < 4.78 is 0. The molecule has 6 aliphatic carbocycles. The van der Waals surface area contributed by atoms with Crippen LogP contribution in [0.5, 0.6) is 0 Å². The Morgan fingerprint density at radius 2 is 0.421 bits per heavy atom. The van der Waals surface area contributed by atoms with E-state index in [9.17, 15) is 0 Å². The second-order valence-corrected chi connectivity index (χ2v) is 15.2. The molecule has 0 aromatic rings. The minimum Gasteiger partial charge on any atom is -0.294 e. The fraction of sp³-hybridized carbons (Fsp3) is 1.00. The lowest BCUT2D eigenvalue weighted by atomic mass is 9.70. The summed E-state index contributed by atoms with van der Waals surface area (Å²) in [7, 11) is 0. The van der Waals surface area contributed by atoms with Crippen molar-refractivity contribution < 1.29 is 0 Å². The molecule has 6 fully saturated rings. The maximum Gasteiger partial charge on any atom is 0.0101 e. The molecule has 0 bridgehead atoms. The highest BCUT2D eigenvalue weighted by molar-refractivity contribution is 4.95. The summed E-state index contributed by atoms with van der Waals surface area (Å²) in [6.45, 7) is 0. The third-order valence-corrected chi connectivity index (χ3v) is 13.0. The third-order valence-electron chi connectivity index (χ3n) is 13.0. The van der Waals surface area contributed by atoms with Crippen LogP contribution in [-0.4, -0.2) is 46.1 Å². The Bertz CT molecular complexity index is 557. The molecular formula is C36H64N2. The van der Waals surface area contributed by atoms with Crippen LogP contribution in [0.1, 0.15) is 180 Å². The van der Waals surface area contributed by atoms with Crippen molar-refractivity contribution in [2.45, 2.75) is 216 Å². The first-order valence-electron chi connectivity index (χ1n) is 18.4. The van der Waals surface area contributed by atoms with Gasteiger partial charge in [-0.1, -0.05) is 77.0 Å². The van der Waals surface area contributed by atoms with E-state index < -0.39 is 0 Å². The molecule has 0 spiro atoms. The molecule has 38 heavy (non-hydrogen) atoms. The zero-order valence-corrected chi connectivity index (χ0v) is 25.3. The van der Waals surface area contributed by atoms with E-state index in [4.69, 9.17) is 0 Å². The van der Waals surface area contributed by atoms with Crippen LogP contribution in [0, 0.1) is 11.8 Å². The van der Waals surface area contributed by atoms with Crippen molar-refractivity contribution >= 4 is 0 Å². The quantitative estimate of drug-likeness (QED) is 0.327. The molecule has 0 aromatic carbocycles. The zero-order chi connectivity index (χ0) is 25.6. The van der Waals surface area contributed by atoms with Crippen molar-refractivity contribution in [3.8, 4) is 0 Å². The van der Waals surface area contributed by atoms with Gasteiger partial charge in [-0.3, -0.25) is 9.80 Å². The molecule has 0 heterocycles. The third kappa shape index (κ3) is 6.86. The van der Waals surface area contributed by atoms with Crippen LogP contribution in [-0.2, 0) is 0 Å². The number of hydrogen-bond acceptors (Lipinski definition) is 2. The van der Waals surface area contributed by atoms with Gasteiger partial charge >= 0.3 is 0 Å². The van der Waals surface area contributed by atoms with Gasteiger partial charge in [0.15, 0.2) is 0 Å². The SMILES string of the molecule is C1CCC(N(C2CCCCC2)C2CCC(C3CCC(N(C4CCCCC4)C4CCCCC4)CC3)CC2)CC1. The number of hydrogen-bond donors (Lipinski definition) is 0. The molecule has 0 radical (unpaired) electrons. The Morgan fingerprint density at radius 1 is 0.211 bits per heavy atom. The molecule has 6 aliphatic rings. The Kier molecular flexibility index (Phi) is 10.5. The minimum atomic E-state index is 0.932. The van der Waals surface area contributed by atoms with Gasteiger partial charge in [0.25, 0.3) is 0 Å². The van der Waals surface area contributed by atoms with Gasteiger partial charge < -0.3 is 0 Å². The van der Waals surface area contributed by atoms with Crippen LogP contribution in [0.25, 0.3) is 0 Å². The molecule has 2 heteroatoms. The molecule has 0 atom stereocenters. The highest BCUT2D eigenvalue weighted by Crippen LogP contribution is 2.44. The van der Waals surface area contributed by atoms with E-state index in [1.807, 2.05) is 0 Å². The first-order valence-corrected chi connectivity index (χ1v) is 18.4. The van der Waals surface area contributed by atoms with E-state index in [0.29, 0.717) is 0 Å². The summed E-state index contributed by atoms with van der Waals surface area (Å²) in [5, 5.41) is 0. The fourth-order valence-electron chi connectivity index (χ4n) is 11.0. The van der Waals surface area contributed by atoms with Gasteiger partial charge in [0.05, 0.1) is 0 Å². The van der Waals surface area contributed by atoms with Gasteiger partial charge in [0, 0.05) is 36.3 Å². The van der Waals surface area contributed by atoms with Crippen LogP contribution >= 0.6 is 0 Å². The lowest BCUT2D eigenvalue weighted by Crippen LogP contribution is -2.53. The smallest absolute Gasteiger partial charge is 0.0101 e. The molecule has 2 nitrogen and oxygen atoms in total. The van der Waals surface area contributed by atoms with E-state index >= 15 is 0 Å². The monoisotopic (exact) mass is 525 g/mol. The fourth-order valence-corrected chi connectivity index (χ4v) is 11.0. The molecule has 218 valence electrons. The highest BCUT2D eigenvalue weighted by Gasteiger charge is 2.40. The average molecular weight is 525 g/mol. The summed E-state index contributed by atoms with van der Waals surface area (Å²) in [6, 6.07) is 5.62. The number of rotatable bonds is 7. The molecule has 0 unspecified atom stereocenters. The van der Waals surface area contributed by atoms with Gasteiger partial charge in [-0.2, -0.15) is 0 Å². The van der Waals surface area contributed by atoms with Crippen molar-refractivity contribution in [2.24, 2.45) is 11.8 Å². The van der Waals surface area contributed by atoms with E-state index in [0.717, 1.165) is 48.1 Å². The van der Waals surface area contributed by atoms with Gasteiger partial charge in [-0.15, -0.1) is 0 Å². The average Bonchev–Trinajstić information content (AvgIpc) is 3.00. The highest BCUT2D eigenvalue weighted by atomic mass is 15.2. The van der Waals surface area contributed by atoms with Crippen LogP contribution in [0.3, 0.4) is 0 Å². The van der Waals surface area contributed by atoms with Gasteiger partial charge in [-0.05, 0) is 115 Å². The topological polar surface area (TPSA) is 6.48 Å². The summed E-state index contributed by atoms with van der Waals surface area (Å²) >= 11 is 0. The largest absolute Gasteiger partial charge is 0.294 e. The Morgan fingerprint density at radius 3 is 0.658 bits per heavy atom. The standard InChI is InChI=1S/C36H64N2/c1-5-13-31(14-6-1)37(32-15-7-2-8-16-32)35-25-21-29(22-26-35)30-23-27-36(28-24-30)38(33-17-9-3-10-18-33)34-19-11-4-12-20-34/h29-36H,1-28H2. The second kappa shape index (κ2) is 14.2. The maximum atomic E-state index is 3.19. The van der Waals surface area contributed by atoms with Crippen LogP contribution in [0.15, 0.2) is 0 Å². The molecule has 6 saturated carbocycles. The Balaban J connectivity index is 1.02. The van der Waals surface area contributed by atoms with Crippen molar-refractivity contribution in [3.05, 3.63) is 0 Å². The van der Waals surface area contributed by atoms with E-state index in [1.54, 1.807) is 25.7 Å². The van der Waals surface area contributed by atoms with Crippen molar-refractivity contribution in [2.75, 3.05) is 0 Å². The van der Waals surface area contributed by atoms with E-state index in [-0.39, 0.29) is 0 Å². The second-order valence-electron chi connectivity index (χ2n) is 15.2. The molecule has 0 aliphatic heterocycles. The summed E-state index contributed by atoms with van der Waals surface area (Å²) in [4.78, 5) is 6.38. The lowest BCUT2D eigenvalue weighted by molar-refractivity contribution is -0.00461. The lowest BCUT2D eigenvalue weighted by Gasteiger charge is -2.50. The zero-order valence-electron chi connectivity index (χ0n) is 25.3. The minimum absolute atomic E-state index is 0.932. The molecule has 0 amide bonds. The van der Waals surface area contributed by atoms with Crippen molar-refractivity contribution in [1.29, 1.82) is 0 Å². The van der Waals surface area contributed by atoms with E-state index in [2.05, 4.69) is 9.80 Å². The molecule has 0 saturated heterocycles. The van der Waals surface area contributed by atoms with Crippen LogP contribution in [0.2, 0.25) is 0 Å². The summed E-state index contributed by atoms with van der Waals surface area (Å²) in [5.74, 6) is 2.12. The molecule has 0 aromatic heterocycles. The predicted octanol–water partition coefficient (Wildman–Crippen LogP) is 10.0. The first-order chi connectivity index (χ1) is 18.9. The van der Waals surface area contributed by atoms with Gasteiger partial charge in [0.2, 0.25) is 0 Å². The van der Waals surface area contributed by atoms with Gasteiger partial charge in [0.1, 0.15) is 0 Å². The Labute approximate surface area is 237 Å².